The van der Waals surface area contributed by atoms with Gasteiger partial charge in [-0.1, -0.05) is 12.1 Å². The lowest BCUT2D eigenvalue weighted by Crippen LogP contribution is -2.29. The van der Waals surface area contributed by atoms with Gasteiger partial charge >= 0.3 is 5.97 Å². The number of halogens is 3. The molecule has 0 aliphatic carbocycles. The highest BCUT2D eigenvalue weighted by atomic mass is 32.2. The molecule has 3 aromatic rings. The third kappa shape index (κ3) is 5.87. The van der Waals surface area contributed by atoms with E-state index in [9.17, 15) is 31.6 Å². The van der Waals surface area contributed by atoms with E-state index in [1.807, 2.05) is 0 Å². The molecule has 36 heavy (non-hydrogen) atoms. The molecule has 0 aliphatic heterocycles. The highest BCUT2D eigenvalue weighted by Gasteiger charge is 2.24. The van der Waals surface area contributed by atoms with E-state index in [1.54, 1.807) is 0 Å². The van der Waals surface area contributed by atoms with Crippen LogP contribution in [0.5, 0.6) is 28.7 Å². The number of anilines is 1. The van der Waals surface area contributed by atoms with E-state index in [4.69, 9.17) is 9.84 Å². The zero-order valence-corrected chi connectivity index (χ0v) is 18.6. The van der Waals surface area contributed by atoms with Gasteiger partial charge in [-0.3, -0.25) is 29.1 Å². The second-order valence-electron chi connectivity index (χ2n) is 6.76. The van der Waals surface area contributed by atoms with Crippen molar-refractivity contribution in [2.45, 2.75) is 4.90 Å². The molecular formula is C21H15F3N2O9S. The number of carbonyl (C=O) groups is 2. The average molecular weight is 528 g/mol. The Morgan fingerprint density at radius 1 is 0.806 bits per heavy atom. The molecule has 11 nitrogen and oxygen atoms in total. The number of hydrogen-bond acceptors (Lipinski definition) is 8. The minimum atomic E-state index is -4.25. The van der Waals surface area contributed by atoms with Gasteiger partial charge < -0.3 is 15.2 Å². The molecule has 0 aliphatic rings. The van der Waals surface area contributed by atoms with Crippen LogP contribution in [0.15, 0.2) is 65.6 Å². The van der Waals surface area contributed by atoms with Crippen LogP contribution in [0.25, 0.3) is 0 Å². The topological polar surface area (TPSA) is 149 Å². The van der Waals surface area contributed by atoms with Crippen LogP contribution in [0.4, 0.5) is 19.3 Å². The lowest BCUT2D eigenvalue weighted by Gasteiger charge is -2.15. The number of sulfonamides is 1. The molecule has 0 spiro atoms. The smallest absolute Gasteiger partial charge is 0.322 e. The fraction of sp³-hybridized carbons (Fsp3) is 0.0476. The monoisotopic (exact) mass is 528 g/mol. The van der Waals surface area contributed by atoms with Crippen LogP contribution in [0, 0.1) is 0 Å². The molecule has 3 N–H and O–H groups in total. The third-order valence-corrected chi connectivity index (χ3v) is 5.84. The Balaban J connectivity index is 1.85. The Morgan fingerprint density at radius 3 is 2.03 bits per heavy atom. The summed E-state index contributed by atoms with van der Waals surface area (Å²) < 4.78 is 71.7. The molecule has 0 radical (unpaired) electrons. The van der Waals surface area contributed by atoms with Gasteiger partial charge in [0.1, 0.15) is 6.54 Å². The Hall–Kier alpha value is -4.66. The molecule has 0 unspecified atom stereocenters. The van der Waals surface area contributed by atoms with E-state index < -0.39 is 51.4 Å². The van der Waals surface area contributed by atoms with Crippen molar-refractivity contribution in [3.63, 3.8) is 0 Å². The van der Waals surface area contributed by atoms with Crippen molar-refractivity contribution < 1.29 is 56.3 Å². The first kappa shape index (κ1) is 26.0. The van der Waals surface area contributed by atoms with Crippen LogP contribution >= 0.6 is 0 Å². The van der Waals surface area contributed by atoms with Crippen LogP contribution in [-0.4, -0.2) is 31.9 Å². The number of benzene rings is 3. The maximum absolute atomic E-state index is 13.0. The van der Waals surface area contributed by atoms with Crippen LogP contribution in [0.3, 0.4) is 0 Å². The summed E-state index contributed by atoms with van der Waals surface area (Å²) in [5.74, 6) is -5.67. The van der Waals surface area contributed by atoms with Crippen molar-refractivity contribution in [3.8, 4) is 28.7 Å². The van der Waals surface area contributed by atoms with Crippen molar-refractivity contribution in [1.29, 1.82) is 0 Å². The third-order valence-electron chi connectivity index (χ3n) is 4.46. The predicted molar refractivity (Wildman–Crippen MR) is 115 cm³/mol. The summed E-state index contributed by atoms with van der Waals surface area (Å²) in [4.78, 5) is 32.4. The van der Waals surface area contributed by atoms with Crippen LogP contribution < -0.4 is 29.6 Å². The summed E-state index contributed by atoms with van der Waals surface area (Å²) in [6.07, 6.45) is 0. The van der Waals surface area contributed by atoms with E-state index in [0.717, 1.165) is 24.3 Å². The lowest BCUT2D eigenvalue weighted by molar-refractivity contribution is -0.135. The zero-order chi connectivity index (χ0) is 26.3. The van der Waals surface area contributed by atoms with Gasteiger partial charge in [0.2, 0.25) is 5.75 Å². The van der Waals surface area contributed by atoms with Crippen molar-refractivity contribution in [1.82, 2.24) is 5.32 Å². The summed E-state index contributed by atoms with van der Waals surface area (Å²) in [6.45, 7) is -0.616. The predicted octanol–water partition coefficient (Wildman–Crippen LogP) is 3.88. The SMILES string of the molecule is O=C(O)CNC(=O)c1ccc(S(=O)(=O)Nc2ccccc2Oc2ccc(OF)c(OF)c2OF)cc1. The first-order chi connectivity index (χ1) is 17.2. The molecule has 0 saturated carbocycles. The number of carboxylic acids is 1. The number of carbonyl (C=O) groups excluding carboxylic acids is 1. The van der Waals surface area contributed by atoms with Gasteiger partial charge in [-0.05, 0) is 48.5 Å². The average Bonchev–Trinajstić information content (AvgIpc) is 2.87. The van der Waals surface area contributed by atoms with E-state index in [-0.39, 0.29) is 21.9 Å². The van der Waals surface area contributed by atoms with E-state index >= 15 is 0 Å². The number of rotatable bonds is 11. The van der Waals surface area contributed by atoms with Gasteiger partial charge in [0.15, 0.2) is 11.5 Å². The van der Waals surface area contributed by atoms with E-state index in [1.165, 1.54) is 36.4 Å². The van der Waals surface area contributed by atoms with Crippen molar-refractivity contribution in [2.24, 2.45) is 0 Å². The molecule has 0 heterocycles. The number of ether oxygens (including phenoxy) is 1. The molecule has 0 bridgehead atoms. The van der Waals surface area contributed by atoms with E-state index in [0.29, 0.717) is 0 Å². The molecule has 3 aromatic carbocycles. The number of amides is 1. The van der Waals surface area contributed by atoms with Crippen LogP contribution in [-0.2, 0) is 14.8 Å². The maximum atomic E-state index is 13.0. The van der Waals surface area contributed by atoms with Gasteiger partial charge in [0.25, 0.3) is 27.4 Å². The Bertz CT molecular complexity index is 1370. The van der Waals surface area contributed by atoms with Crippen LogP contribution in [0.2, 0.25) is 0 Å². The maximum Gasteiger partial charge on any atom is 0.322 e. The molecule has 1 amide bonds. The number of carboxylic acid groups (broad SMARTS) is 1. The number of hydrogen-bond donors (Lipinski definition) is 3. The first-order valence-electron chi connectivity index (χ1n) is 9.62. The first-order valence-corrected chi connectivity index (χ1v) is 11.1. The van der Waals surface area contributed by atoms with E-state index in [2.05, 4.69) is 24.9 Å². The van der Waals surface area contributed by atoms with Gasteiger partial charge in [0, 0.05) is 19.1 Å². The summed E-state index contributed by atoms with van der Waals surface area (Å²) in [5.41, 5.74) is -0.122. The molecule has 0 saturated heterocycles. The molecule has 0 aromatic heterocycles. The summed E-state index contributed by atoms with van der Waals surface area (Å²) in [7, 11) is -4.25. The standard InChI is InChI=1S/C21H15F3N2O9S/c22-33-17-10-9-16(19(34-23)20(17)35-24)32-15-4-2-1-3-14(15)26-36(30,31)13-7-5-12(6-8-13)21(29)25-11-18(27)28/h1-10,26H,11H2,(H,25,29)(H,27,28). The Kier molecular flexibility index (Phi) is 8.06. The Morgan fingerprint density at radius 2 is 1.42 bits per heavy atom. The molecule has 190 valence electrons. The minimum absolute atomic E-state index is 0.0178. The largest absolute Gasteiger partial charge is 0.480 e. The quantitative estimate of drug-likeness (QED) is 0.337. The van der Waals surface area contributed by atoms with Gasteiger partial charge in [-0.15, -0.1) is 0 Å². The molecule has 15 heteroatoms. The molecule has 3 rings (SSSR count). The number of para-hydroxylation sites is 2. The second kappa shape index (κ2) is 11.2. The van der Waals surface area contributed by atoms with Crippen molar-refractivity contribution in [3.05, 3.63) is 66.2 Å². The second-order valence-corrected chi connectivity index (χ2v) is 8.44. The summed E-state index contributed by atoms with van der Waals surface area (Å²) >= 11 is 0. The Labute approximate surface area is 200 Å². The number of nitrogens with one attached hydrogen (secondary N) is 2. The highest BCUT2D eigenvalue weighted by Crippen LogP contribution is 2.47. The van der Waals surface area contributed by atoms with Crippen molar-refractivity contribution in [2.75, 3.05) is 11.3 Å². The van der Waals surface area contributed by atoms with Gasteiger partial charge in [-0.2, -0.15) is 0 Å². The van der Waals surface area contributed by atoms with Gasteiger partial charge in [0.05, 0.1) is 10.6 Å². The molecule has 0 atom stereocenters. The highest BCUT2D eigenvalue weighted by molar-refractivity contribution is 7.92. The summed E-state index contributed by atoms with van der Waals surface area (Å²) in [5, 5.41) is 10.7. The van der Waals surface area contributed by atoms with Crippen LogP contribution in [0.1, 0.15) is 10.4 Å². The normalized spacial score (nSPS) is 10.8. The van der Waals surface area contributed by atoms with Crippen molar-refractivity contribution >= 4 is 27.6 Å². The fourth-order valence-corrected chi connectivity index (χ4v) is 3.89. The minimum Gasteiger partial charge on any atom is -0.480 e. The fourth-order valence-electron chi connectivity index (χ4n) is 2.82. The number of aliphatic carboxylic acids is 1. The summed E-state index contributed by atoms with van der Waals surface area (Å²) in [6, 6.07) is 11.8. The zero-order valence-electron chi connectivity index (χ0n) is 17.7. The van der Waals surface area contributed by atoms with Gasteiger partial charge in [-0.25, -0.2) is 8.42 Å². The lowest BCUT2D eigenvalue weighted by atomic mass is 10.2. The molecule has 0 fully saturated rings. The molecular weight excluding hydrogens is 513 g/mol.